The molecule has 0 heterocycles. The molecule has 0 aromatic rings. The standard InChI is InChI=1S/C11H20N2O6/c1-3-13-11(17)7-8(18-4-14)6(10(16)12-2)9(7)19-5-15/h6-9,14-15H,3-5H2,1-2H3,(H,12,16)(H,13,17). The number of hydrogen-bond donors (Lipinski definition) is 4. The van der Waals surface area contributed by atoms with Gasteiger partial charge in [0.05, 0.1) is 24.0 Å². The molecular formula is C11H20N2O6. The van der Waals surface area contributed by atoms with Gasteiger partial charge in [-0.25, -0.2) is 0 Å². The van der Waals surface area contributed by atoms with Gasteiger partial charge in [0.15, 0.2) is 0 Å². The Morgan fingerprint density at radius 3 is 1.89 bits per heavy atom. The molecule has 0 aliphatic heterocycles. The Morgan fingerprint density at radius 2 is 1.53 bits per heavy atom. The molecule has 8 nitrogen and oxygen atoms in total. The lowest BCUT2D eigenvalue weighted by atomic mass is 9.67. The average Bonchev–Trinajstić information content (AvgIpc) is 2.37. The summed E-state index contributed by atoms with van der Waals surface area (Å²) in [5.74, 6) is -2.17. The van der Waals surface area contributed by atoms with E-state index in [0.717, 1.165) is 0 Å². The predicted octanol–water partition coefficient (Wildman–Crippen LogP) is -2.22. The normalized spacial score (nSPS) is 29.5. The third-order valence-corrected chi connectivity index (χ3v) is 3.15. The summed E-state index contributed by atoms with van der Waals surface area (Å²) in [6, 6.07) is 0. The van der Waals surface area contributed by atoms with Gasteiger partial charge >= 0.3 is 0 Å². The maximum Gasteiger partial charge on any atom is 0.228 e. The lowest BCUT2D eigenvalue weighted by Crippen LogP contribution is -2.67. The van der Waals surface area contributed by atoms with Gasteiger partial charge in [0.1, 0.15) is 13.6 Å². The molecule has 4 N–H and O–H groups in total. The van der Waals surface area contributed by atoms with Crippen LogP contribution in [0.4, 0.5) is 0 Å². The molecule has 2 amide bonds. The van der Waals surface area contributed by atoms with E-state index in [-0.39, 0.29) is 11.8 Å². The first-order valence-electron chi connectivity index (χ1n) is 6.06. The minimum atomic E-state index is -0.770. The summed E-state index contributed by atoms with van der Waals surface area (Å²) in [6.45, 7) is 0.994. The fraction of sp³-hybridized carbons (Fsp3) is 0.818. The Hall–Kier alpha value is -1.22. The lowest BCUT2D eigenvalue weighted by molar-refractivity contribution is -0.230. The van der Waals surface area contributed by atoms with E-state index in [0.29, 0.717) is 6.54 Å². The van der Waals surface area contributed by atoms with Crippen molar-refractivity contribution in [2.75, 3.05) is 27.2 Å². The highest BCUT2D eigenvalue weighted by atomic mass is 16.6. The van der Waals surface area contributed by atoms with Gasteiger partial charge in [-0.3, -0.25) is 9.59 Å². The second kappa shape index (κ2) is 7.39. The molecule has 0 radical (unpaired) electrons. The van der Waals surface area contributed by atoms with Crippen LogP contribution in [0.25, 0.3) is 0 Å². The van der Waals surface area contributed by atoms with Crippen molar-refractivity contribution in [2.45, 2.75) is 19.1 Å². The van der Waals surface area contributed by atoms with Crippen LogP contribution in [0, 0.1) is 11.8 Å². The van der Waals surface area contributed by atoms with Crippen molar-refractivity contribution in [1.29, 1.82) is 0 Å². The van der Waals surface area contributed by atoms with Gasteiger partial charge < -0.3 is 30.3 Å². The summed E-state index contributed by atoms with van der Waals surface area (Å²) in [5, 5.41) is 22.7. The van der Waals surface area contributed by atoms with Gasteiger partial charge in [0, 0.05) is 13.6 Å². The highest BCUT2D eigenvalue weighted by Gasteiger charge is 2.58. The zero-order valence-electron chi connectivity index (χ0n) is 11.0. The number of hydrogen-bond acceptors (Lipinski definition) is 6. The molecular weight excluding hydrogens is 256 g/mol. The lowest BCUT2D eigenvalue weighted by Gasteiger charge is -2.48. The Kier molecular flexibility index (Phi) is 6.16. The summed E-state index contributed by atoms with van der Waals surface area (Å²) in [7, 11) is 1.45. The van der Waals surface area contributed by atoms with Crippen LogP contribution in [0.15, 0.2) is 0 Å². The number of aliphatic hydroxyl groups excluding tert-OH is 2. The highest BCUT2D eigenvalue weighted by Crippen LogP contribution is 2.39. The fourth-order valence-electron chi connectivity index (χ4n) is 2.32. The van der Waals surface area contributed by atoms with E-state index in [1.165, 1.54) is 7.05 Å². The highest BCUT2D eigenvalue weighted by molar-refractivity contribution is 5.88. The van der Waals surface area contributed by atoms with E-state index in [1.807, 2.05) is 0 Å². The second-order valence-electron chi connectivity index (χ2n) is 4.08. The smallest absolute Gasteiger partial charge is 0.228 e. The molecule has 8 heteroatoms. The molecule has 0 aromatic heterocycles. The monoisotopic (exact) mass is 276 g/mol. The molecule has 2 atom stereocenters. The van der Waals surface area contributed by atoms with Crippen molar-refractivity contribution in [2.24, 2.45) is 11.8 Å². The molecule has 1 saturated carbocycles. The molecule has 1 rings (SSSR count). The summed E-state index contributed by atoms with van der Waals surface area (Å²) in [4.78, 5) is 23.6. The second-order valence-corrected chi connectivity index (χ2v) is 4.08. The molecule has 0 spiro atoms. The van der Waals surface area contributed by atoms with Crippen LogP contribution in [0.5, 0.6) is 0 Å². The molecule has 0 saturated heterocycles. The van der Waals surface area contributed by atoms with Crippen molar-refractivity contribution >= 4 is 11.8 Å². The maximum atomic E-state index is 11.9. The van der Waals surface area contributed by atoms with Crippen LogP contribution >= 0.6 is 0 Å². The molecule has 19 heavy (non-hydrogen) atoms. The van der Waals surface area contributed by atoms with Crippen LogP contribution in [-0.4, -0.2) is 61.4 Å². The molecule has 110 valence electrons. The van der Waals surface area contributed by atoms with E-state index in [2.05, 4.69) is 10.6 Å². The number of rotatable bonds is 7. The first-order valence-corrected chi connectivity index (χ1v) is 6.06. The summed E-state index contributed by atoms with van der Waals surface area (Å²) in [6.07, 6.45) is -1.54. The van der Waals surface area contributed by atoms with Crippen molar-refractivity contribution in [1.82, 2.24) is 10.6 Å². The van der Waals surface area contributed by atoms with E-state index in [1.54, 1.807) is 6.92 Å². The number of aliphatic hydroxyl groups is 2. The quantitative estimate of drug-likeness (QED) is 0.391. The first kappa shape index (κ1) is 15.8. The zero-order valence-corrected chi connectivity index (χ0v) is 11.0. The van der Waals surface area contributed by atoms with Crippen LogP contribution < -0.4 is 10.6 Å². The van der Waals surface area contributed by atoms with Gasteiger partial charge in [-0.15, -0.1) is 0 Å². The predicted molar refractivity (Wildman–Crippen MR) is 63.6 cm³/mol. The molecule has 1 fully saturated rings. The average molecular weight is 276 g/mol. The van der Waals surface area contributed by atoms with Gasteiger partial charge in [-0.2, -0.15) is 0 Å². The molecule has 0 aromatic carbocycles. The van der Waals surface area contributed by atoms with Gasteiger partial charge in [0.2, 0.25) is 11.8 Å². The fourth-order valence-corrected chi connectivity index (χ4v) is 2.32. The van der Waals surface area contributed by atoms with E-state index >= 15 is 0 Å². The van der Waals surface area contributed by atoms with Crippen molar-refractivity contribution in [3.8, 4) is 0 Å². The van der Waals surface area contributed by atoms with E-state index in [4.69, 9.17) is 19.7 Å². The van der Waals surface area contributed by atoms with E-state index < -0.39 is 37.6 Å². The first-order chi connectivity index (χ1) is 9.12. The minimum Gasteiger partial charge on any atom is -0.371 e. The van der Waals surface area contributed by atoms with Crippen LogP contribution in [-0.2, 0) is 19.1 Å². The summed E-state index contributed by atoms with van der Waals surface area (Å²) >= 11 is 0. The third kappa shape index (κ3) is 3.21. The number of carbonyl (C=O) groups is 2. The van der Waals surface area contributed by atoms with Crippen LogP contribution in [0.3, 0.4) is 0 Å². The Balaban J connectivity index is 2.85. The SMILES string of the molecule is CCNC(=O)C1C(OCO)C(C(=O)NC)C1OCO. The third-order valence-electron chi connectivity index (χ3n) is 3.15. The minimum absolute atomic E-state index is 0.334. The van der Waals surface area contributed by atoms with Gasteiger partial charge in [-0.1, -0.05) is 0 Å². The van der Waals surface area contributed by atoms with Crippen LogP contribution in [0.2, 0.25) is 0 Å². The number of amides is 2. The zero-order chi connectivity index (χ0) is 14.4. The summed E-state index contributed by atoms with van der Waals surface area (Å²) < 4.78 is 10.1. The number of carbonyl (C=O) groups excluding carboxylic acids is 2. The molecule has 2 unspecified atom stereocenters. The van der Waals surface area contributed by atoms with Crippen molar-refractivity contribution in [3.63, 3.8) is 0 Å². The molecule has 1 aliphatic rings. The number of nitrogens with one attached hydrogen (secondary N) is 2. The topological polar surface area (TPSA) is 117 Å². The van der Waals surface area contributed by atoms with Gasteiger partial charge in [0.25, 0.3) is 0 Å². The van der Waals surface area contributed by atoms with Crippen molar-refractivity contribution < 1.29 is 29.3 Å². The Morgan fingerprint density at radius 1 is 1.05 bits per heavy atom. The molecule has 0 bridgehead atoms. The summed E-state index contributed by atoms with van der Waals surface area (Å²) in [5.41, 5.74) is 0. The van der Waals surface area contributed by atoms with Gasteiger partial charge in [-0.05, 0) is 6.92 Å². The van der Waals surface area contributed by atoms with Crippen molar-refractivity contribution in [3.05, 3.63) is 0 Å². The Labute approximate surface area is 111 Å². The maximum absolute atomic E-state index is 11.9. The Bertz CT molecular complexity index is 310. The largest absolute Gasteiger partial charge is 0.371 e. The van der Waals surface area contributed by atoms with E-state index in [9.17, 15) is 9.59 Å². The molecule has 1 aliphatic carbocycles. The number of ether oxygens (including phenoxy) is 2. The van der Waals surface area contributed by atoms with Crippen LogP contribution in [0.1, 0.15) is 6.92 Å².